The highest BCUT2D eigenvalue weighted by Crippen LogP contribution is 2.38. The molecule has 0 saturated heterocycles. The lowest BCUT2D eigenvalue weighted by Gasteiger charge is -2.38. The van der Waals surface area contributed by atoms with Crippen LogP contribution in [0, 0.1) is 6.92 Å². The smallest absolute Gasteiger partial charge is 0.322 e. The second kappa shape index (κ2) is 10.3. The van der Waals surface area contributed by atoms with Gasteiger partial charge in [-0.1, -0.05) is 35.9 Å². The number of ether oxygens (including phenoxy) is 2. The average Bonchev–Trinajstić information content (AvgIpc) is 2.87. The van der Waals surface area contributed by atoms with E-state index in [1.54, 1.807) is 31.3 Å². The van der Waals surface area contributed by atoms with Crippen molar-refractivity contribution in [1.82, 2.24) is 10.2 Å². The Morgan fingerprint density at radius 3 is 2.32 bits per heavy atom. The van der Waals surface area contributed by atoms with Gasteiger partial charge in [-0.05, 0) is 60.9 Å². The lowest BCUT2D eigenvalue weighted by molar-refractivity contribution is 0.0936. The van der Waals surface area contributed by atoms with Gasteiger partial charge in [0.05, 0.1) is 20.3 Å². The zero-order chi connectivity index (χ0) is 24.1. The first-order valence-electron chi connectivity index (χ1n) is 11.2. The largest absolute Gasteiger partial charge is 0.493 e. The molecule has 0 unspecified atom stereocenters. The maximum Gasteiger partial charge on any atom is 0.322 e. The highest BCUT2D eigenvalue weighted by atomic mass is 16.5. The number of methoxy groups -OCH3 is 2. The molecule has 1 aliphatic rings. The van der Waals surface area contributed by atoms with Crippen molar-refractivity contribution in [2.24, 2.45) is 0 Å². The minimum Gasteiger partial charge on any atom is -0.493 e. The summed E-state index contributed by atoms with van der Waals surface area (Å²) in [7, 11) is 3.19. The van der Waals surface area contributed by atoms with Gasteiger partial charge in [-0.25, -0.2) is 4.79 Å². The van der Waals surface area contributed by atoms with E-state index in [0.29, 0.717) is 30.0 Å². The van der Waals surface area contributed by atoms with Crippen LogP contribution in [0.2, 0.25) is 0 Å². The van der Waals surface area contributed by atoms with Crippen molar-refractivity contribution < 1.29 is 19.1 Å². The molecule has 1 heterocycles. The first-order chi connectivity index (χ1) is 16.5. The van der Waals surface area contributed by atoms with Crippen molar-refractivity contribution in [1.29, 1.82) is 0 Å². The summed E-state index contributed by atoms with van der Waals surface area (Å²) in [4.78, 5) is 27.8. The van der Waals surface area contributed by atoms with Gasteiger partial charge in [-0.15, -0.1) is 0 Å². The topological polar surface area (TPSA) is 79.9 Å². The van der Waals surface area contributed by atoms with Crippen LogP contribution >= 0.6 is 0 Å². The second-order valence-electron chi connectivity index (χ2n) is 8.24. The van der Waals surface area contributed by atoms with Crippen molar-refractivity contribution in [3.8, 4) is 11.5 Å². The molecule has 2 N–H and O–H groups in total. The molecule has 0 bridgehead atoms. The number of aryl methyl sites for hydroxylation is 1. The van der Waals surface area contributed by atoms with E-state index < -0.39 is 0 Å². The first-order valence-corrected chi connectivity index (χ1v) is 11.2. The van der Waals surface area contributed by atoms with E-state index in [9.17, 15) is 9.59 Å². The Morgan fingerprint density at radius 1 is 0.971 bits per heavy atom. The predicted octanol–water partition coefficient (Wildman–Crippen LogP) is 4.57. The molecule has 34 heavy (non-hydrogen) atoms. The average molecular weight is 460 g/mol. The fourth-order valence-electron chi connectivity index (χ4n) is 4.20. The highest BCUT2D eigenvalue weighted by molar-refractivity contribution is 5.94. The van der Waals surface area contributed by atoms with E-state index in [1.807, 2.05) is 61.5 Å². The third kappa shape index (κ3) is 4.98. The van der Waals surface area contributed by atoms with Crippen molar-refractivity contribution in [2.75, 3.05) is 32.6 Å². The molecule has 4 rings (SSSR count). The molecule has 0 spiro atoms. The number of urea groups is 1. The fourth-order valence-corrected chi connectivity index (χ4v) is 4.20. The Balaban J connectivity index is 1.62. The number of carbonyl (C=O) groups excluding carboxylic acids is 2. The molecule has 1 aliphatic heterocycles. The number of carbonyl (C=O) groups is 2. The van der Waals surface area contributed by atoms with Gasteiger partial charge in [0.15, 0.2) is 11.5 Å². The summed E-state index contributed by atoms with van der Waals surface area (Å²) in [6, 6.07) is 20.0. The summed E-state index contributed by atoms with van der Waals surface area (Å²) < 4.78 is 11.0. The van der Waals surface area contributed by atoms with Crippen LogP contribution in [-0.4, -0.2) is 44.1 Å². The standard InChI is InChI=1S/C27H29N3O4/c1-18-9-11-21(12-10-18)29-27(32)30-14-13-20-15-24(33-2)25(34-3)16-22(20)23(30)17-28-26(31)19-7-5-4-6-8-19/h4-12,15-16,23H,13-14,17H2,1-3H3,(H,28,31)(H,29,32)/t23-/m1/s1. The van der Waals surface area contributed by atoms with Crippen LogP contribution in [0.3, 0.4) is 0 Å². The Hall–Kier alpha value is -4.00. The normalized spacial score (nSPS) is 14.7. The lowest BCUT2D eigenvalue weighted by Crippen LogP contribution is -2.46. The van der Waals surface area contributed by atoms with E-state index in [0.717, 1.165) is 22.4 Å². The quantitative estimate of drug-likeness (QED) is 0.566. The third-order valence-electron chi connectivity index (χ3n) is 6.06. The molecular formula is C27H29N3O4. The van der Waals surface area contributed by atoms with E-state index in [2.05, 4.69) is 10.6 Å². The molecule has 0 aromatic heterocycles. The highest BCUT2D eigenvalue weighted by Gasteiger charge is 2.32. The van der Waals surface area contributed by atoms with Gasteiger partial charge in [0, 0.05) is 24.3 Å². The maximum absolute atomic E-state index is 13.3. The fraction of sp³-hybridized carbons (Fsp3) is 0.259. The number of nitrogens with zero attached hydrogens (tertiary/aromatic N) is 1. The summed E-state index contributed by atoms with van der Waals surface area (Å²) in [5, 5.41) is 5.99. The number of fused-ring (bicyclic) bond motifs is 1. The van der Waals surface area contributed by atoms with Gasteiger partial charge in [-0.2, -0.15) is 0 Å². The maximum atomic E-state index is 13.3. The van der Waals surface area contributed by atoms with E-state index >= 15 is 0 Å². The molecule has 3 aromatic carbocycles. The van der Waals surface area contributed by atoms with E-state index in [1.165, 1.54) is 0 Å². The number of anilines is 1. The Labute approximate surface area is 199 Å². The Kier molecular flexibility index (Phi) is 7.01. The Bertz CT molecular complexity index is 1160. The van der Waals surface area contributed by atoms with Crippen LogP contribution in [0.15, 0.2) is 66.7 Å². The monoisotopic (exact) mass is 459 g/mol. The molecule has 176 valence electrons. The molecule has 0 radical (unpaired) electrons. The molecule has 0 fully saturated rings. The summed E-state index contributed by atoms with van der Waals surface area (Å²) in [6.07, 6.45) is 0.667. The van der Waals surface area contributed by atoms with Crippen LogP contribution in [0.1, 0.15) is 33.1 Å². The predicted molar refractivity (Wildman–Crippen MR) is 132 cm³/mol. The molecule has 0 aliphatic carbocycles. The minimum atomic E-state index is -0.373. The van der Waals surface area contributed by atoms with Gasteiger partial charge >= 0.3 is 6.03 Å². The second-order valence-corrected chi connectivity index (χ2v) is 8.24. The van der Waals surface area contributed by atoms with Crippen LogP contribution < -0.4 is 20.1 Å². The number of nitrogens with one attached hydrogen (secondary N) is 2. The van der Waals surface area contributed by atoms with Gasteiger partial charge in [0.1, 0.15) is 0 Å². The van der Waals surface area contributed by atoms with Gasteiger partial charge in [-0.3, -0.25) is 4.79 Å². The van der Waals surface area contributed by atoms with Gasteiger partial charge in [0.25, 0.3) is 5.91 Å². The number of amides is 3. The van der Waals surface area contributed by atoms with Crippen LogP contribution in [0.25, 0.3) is 0 Å². The molecular weight excluding hydrogens is 430 g/mol. The zero-order valence-corrected chi connectivity index (χ0v) is 19.6. The molecule has 3 aromatic rings. The number of benzene rings is 3. The summed E-state index contributed by atoms with van der Waals surface area (Å²) in [6.45, 7) is 2.77. The van der Waals surface area contributed by atoms with E-state index in [-0.39, 0.29) is 24.5 Å². The van der Waals surface area contributed by atoms with Crippen molar-refractivity contribution >= 4 is 17.6 Å². The number of rotatable bonds is 6. The molecule has 0 saturated carbocycles. The van der Waals surface area contributed by atoms with Crippen molar-refractivity contribution in [2.45, 2.75) is 19.4 Å². The lowest BCUT2D eigenvalue weighted by atomic mass is 9.91. The van der Waals surface area contributed by atoms with Gasteiger partial charge in [0.2, 0.25) is 0 Å². The molecule has 3 amide bonds. The third-order valence-corrected chi connectivity index (χ3v) is 6.06. The molecule has 7 nitrogen and oxygen atoms in total. The van der Waals surface area contributed by atoms with Crippen molar-refractivity contribution in [3.05, 3.63) is 89.0 Å². The first kappa shape index (κ1) is 23.2. The van der Waals surface area contributed by atoms with Crippen LogP contribution in [-0.2, 0) is 6.42 Å². The molecule has 1 atom stereocenters. The van der Waals surface area contributed by atoms with Crippen LogP contribution in [0.5, 0.6) is 11.5 Å². The molecule has 7 heteroatoms. The SMILES string of the molecule is COc1cc2c(cc1OC)[C@@H](CNC(=O)c1ccccc1)N(C(=O)Nc1ccc(C)cc1)CC2. The number of hydrogen-bond donors (Lipinski definition) is 2. The number of hydrogen-bond acceptors (Lipinski definition) is 4. The minimum absolute atomic E-state index is 0.188. The Morgan fingerprint density at radius 2 is 1.65 bits per heavy atom. The van der Waals surface area contributed by atoms with Crippen LogP contribution in [0.4, 0.5) is 10.5 Å². The summed E-state index contributed by atoms with van der Waals surface area (Å²) >= 11 is 0. The van der Waals surface area contributed by atoms with E-state index in [4.69, 9.17) is 9.47 Å². The van der Waals surface area contributed by atoms with Gasteiger partial charge < -0.3 is 25.0 Å². The van der Waals surface area contributed by atoms with Crippen molar-refractivity contribution in [3.63, 3.8) is 0 Å². The summed E-state index contributed by atoms with van der Waals surface area (Å²) in [5.74, 6) is 1.04. The summed E-state index contributed by atoms with van der Waals surface area (Å²) in [5.41, 5.74) is 4.40. The zero-order valence-electron chi connectivity index (χ0n) is 19.6.